The summed E-state index contributed by atoms with van der Waals surface area (Å²) in [7, 11) is 0. The van der Waals surface area contributed by atoms with Gasteiger partial charge in [-0.1, -0.05) is 43.2 Å². The molecular formula is C15H19NO4. The number of nitrogens with one attached hydrogen (secondary N) is 1. The van der Waals surface area contributed by atoms with Crippen LogP contribution < -0.4 is 5.32 Å². The molecule has 5 nitrogen and oxygen atoms in total. The lowest BCUT2D eigenvalue weighted by Gasteiger charge is -2.29. The topological polar surface area (TPSA) is 86.6 Å². The van der Waals surface area contributed by atoms with Gasteiger partial charge in [-0.3, -0.25) is 9.59 Å². The lowest BCUT2D eigenvalue weighted by molar-refractivity contribution is -0.140. The number of aliphatic hydroxyl groups is 1. The second-order valence-corrected chi connectivity index (χ2v) is 5.36. The van der Waals surface area contributed by atoms with Gasteiger partial charge in [0.05, 0.1) is 12.0 Å². The Morgan fingerprint density at radius 2 is 1.80 bits per heavy atom. The third-order valence-electron chi connectivity index (χ3n) is 3.80. The van der Waals surface area contributed by atoms with Crippen molar-refractivity contribution in [2.75, 3.05) is 0 Å². The van der Waals surface area contributed by atoms with Crippen LogP contribution in [0.3, 0.4) is 0 Å². The molecule has 1 aromatic carbocycles. The van der Waals surface area contributed by atoms with Crippen LogP contribution in [0, 0.1) is 0 Å². The summed E-state index contributed by atoms with van der Waals surface area (Å²) in [6.45, 7) is 0. The number of aliphatic hydroxyl groups excluding tert-OH is 1. The van der Waals surface area contributed by atoms with Gasteiger partial charge < -0.3 is 15.5 Å². The van der Waals surface area contributed by atoms with Gasteiger partial charge in [0, 0.05) is 0 Å². The number of aliphatic carboxylic acids is 1. The zero-order valence-electron chi connectivity index (χ0n) is 11.2. The van der Waals surface area contributed by atoms with Gasteiger partial charge >= 0.3 is 5.97 Å². The number of benzene rings is 1. The minimum absolute atomic E-state index is 0.0970. The highest BCUT2D eigenvalue weighted by Gasteiger charge is 2.38. The molecule has 1 atom stereocenters. The molecule has 20 heavy (non-hydrogen) atoms. The van der Waals surface area contributed by atoms with E-state index in [1.807, 2.05) is 0 Å². The maximum Gasteiger partial charge on any atom is 0.305 e. The summed E-state index contributed by atoms with van der Waals surface area (Å²) in [6.07, 6.45) is 1.73. The van der Waals surface area contributed by atoms with Crippen LogP contribution in [-0.2, 0) is 9.59 Å². The van der Waals surface area contributed by atoms with Gasteiger partial charge in [0.1, 0.15) is 0 Å². The van der Waals surface area contributed by atoms with Crippen LogP contribution >= 0.6 is 0 Å². The molecule has 0 aliphatic heterocycles. The predicted molar refractivity (Wildman–Crippen MR) is 73.0 cm³/mol. The molecule has 0 bridgehead atoms. The van der Waals surface area contributed by atoms with E-state index < -0.39 is 23.5 Å². The van der Waals surface area contributed by atoms with Crippen molar-refractivity contribution in [1.82, 2.24) is 5.32 Å². The van der Waals surface area contributed by atoms with Crippen molar-refractivity contribution in [3.63, 3.8) is 0 Å². The molecule has 0 heterocycles. The maximum atomic E-state index is 12.1. The van der Waals surface area contributed by atoms with Crippen LogP contribution in [0.15, 0.2) is 30.3 Å². The zero-order chi connectivity index (χ0) is 14.6. The summed E-state index contributed by atoms with van der Waals surface area (Å²) in [4.78, 5) is 23.1. The molecule has 0 saturated heterocycles. The van der Waals surface area contributed by atoms with Gasteiger partial charge in [0.25, 0.3) is 5.91 Å². The molecule has 1 amide bonds. The first-order chi connectivity index (χ1) is 9.52. The van der Waals surface area contributed by atoms with Crippen LogP contribution in [0.1, 0.15) is 43.8 Å². The van der Waals surface area contributed by atoms with E-state index in [9.17, 15) is 14.7 Å². The number of carbonyl (C=O) groups excluding carboxylic acids is 1. The van der Waals surface area contributed by atoms with Gasteiger partial charge in [-0.05, 0) is 18.4 Å². The van der Waals surface area contributed by atoms with Crippen molar-refractivity contribution in [3.05, 3.63) is 35.9 Å². The number of carbonyl (C=O) groups is 2. The maximum absolute atomic E-state index is 12.1. The molecule has 0 radical (unpaired) electrons. The minimum atomic E-state index is -1.26. The summed E-state index contributed by atoms with van der Waals surface area (Å²) in [5.74, 6) is -1.46. The molecular weight excluding hydrogens is 258 g/mol. The van der Waals surface area contributed by atoms with Crippen molar-refractivity contribution >= 4 is 11.9 Å². The summed E-state index contributed by atoms with van der Waals surface area (Å²) >= 11 is 0. The van der Waals surface area contributed by atoms with Crippen molar-refractivity contribution in [3.8, 4) is 0 Å². The Hall–Kier alpha value is -1.88. The van der Waals surface area contributed by atoms with E-state index in [1.54, 1.807) is 30.3 Å². The highest BCUT2D eigenvalue weighted by molar-refractivity contribution is 5.83. The van der Waals surface area contributed by atoms with Gasteiger partial charge in [-0.2, -0.15) is 0 Å². The molecule has 1 aromatic rings. The molecule has 108 valence electrons. The number of hydrogen-bond donors (Lipinski definition) is 3. The van der Waals surface area contributed by atoms with E-state index in [1.165, 1.54) is 0 Å². The number of hydrogen-bond acceptors (Lipinski definition) is 3. The van der Waals surface area contributed by atoms with Crippen LogP contribution in [0.5, 0.6) is 0 Å². The Kier molecular flexibility index (Phi) is 4.39. The smallest absolute Gasteiger partial charge is 0.305 e. The van der Waals surface area contributed by atoms with E-state index in [-0.39, 0.29) is 6.42 Å². The summed E-state index contributed by atoms with van der Waals surface area (Å²) < 4.78 is 0. The lowest BCUT2D eigenvalue weighted by atomic mass is 9.92. The van der Waals surface area contributed by atoms with Crippen LogP contribution in [0.2, 0.25) is 0 Å². The molecule has 1 fully saturated rings. The number of rotatable bonds is 5. The average Bonchev–Trinajstić information content (AvgIpc) is 2.86. The minimum Gasteiger partial charge on any atom is -0.481 e. The summed E-state index contributed by atoms with van der Waals surface area (Å²) in [5.41, 5.74) is -0.202. The fourth-order valence-corrected chi connectivity index (χ4v) is 2.80. The first kappa shape index (κ1) is 14.5. The van der Waals surface area contributed by atoms with Crippen molar-refractivity contribution < 1.29 is 19.8 Å². The van der Waals surface area contributed by atoms with Crippen molar-refractivity contribution in [1.29, 1.82) is 0 Å². The van der Waals surface area contributed by atoms with Crippen LogP contribution in [0.25, 0.3) is 0 Å². The standard InChI is InChI=1S/C15H19NO4/c17-12(18)10-15(8-4-5-9-15)16-14(20)13(19)11-6-2-1-3-7-11/h1-3,6-7,13,19H,4-5,8-10H2,(H,16,20)(H,17,18). The second-order valence-electron chi connectivity index (χ2n) is 5.36. The molecule has 1 aliphatic carbocycles. The van der Waals surface area contributed by atoms with Gasteiger partial charge in [0.15, 0.2) is 6.10 Å². The summed E-state index contributed by atoms with van der Waals surface area (Å²) in [6, 6.07) is 8.63. The highest BCUT2D eigenvalue weighted by atomic mass is 16.4. The molecule has 1 aliphatic rings. The Balaban J connectivity index is 2.07. The number of carboxylic acid groups (broad SMARTS) is 1. The molecule has 2 rings (SSSR count). The third kappa shape index (κ3) is 3.36. The van der Waals surface area contributed by atoms with Gasteiger partial charge in [0.2, 0.25) is 0 Å². The molecule has 3 N–H and O–H groups in total. The third-order valence-corrected chi connectivity index (χ3v) is 3.80. The van der Waals surface area contributed by atoms with E-state index in [0.29, 0.717) is 18.4 Å². The Morgan fingerprint density at radius 1 is 1.20 bits per heavy atom. The fraction of sp³-hybridized carbons (Fsp3) is 0.467. The Morgan fingerprint density at radius 3 is 2.35 bits per heavy atom. The fourth-order valence-electron chi connectivity index (χ4n) is 2.80. The van der Waals surface area contributed by atoms with E-state index in [2.05, 4.69) is 5.32 Å². The first-order valence-corrected chi connectivity index (χ1v) is 6.79. The zero-order valence-corrected chi connectivity index (χ0v) is 11.2. The monoisotopic (exact) mass is 277 g/mol. The molecule has 1 saturated carbocycles. The molecule has 0 aromatic heterocycles. The quantitative estimate of drug-likeness (QED) is 0.763. The normalized spacial score (nSPS) is 18.4. The Bertz CT molecular complexity index is 480. The highest BCUT2D eigenvalue weighted by Crippen LogP contribution is 2.33. The lowest BCUT2D eigenvalue weighted by Crippen LogP contribution is -2.49. The SMILES string of the molecule is O=C(O)CC1(NC(=O)C(O)c2ccccc2)CCCC1. The average molecular weight is 277 g/mol. The van der Waals surface area contributed by atoms with E-state index in [4.69, 9.17) is 5.11 Å². The molecule has 1 unspecified atom stereocenters. The van der Waals surface area contributed by atoms with Crippen molar-refractivity contribution in [2.24, 2.45) is 0 Å². The molecule has 5 heteroatoms. The number of carboxylic acids is 1. The second kappa shape index (κ2) is 6.05. The molecule has 0 spiro atoms. The predicted octanol–water partition coefficient (Wildman–Crippen LogP) is 1.62. The first-order valence-electron chi connectivity index (χ1n) is 6.79. The Labute approximate surface area is 117 Å². The van der Waals surface area contributed by atoms with Crippen molar-refractivity contribution in [2.45, 2.75) is 43.7 Å². The summed E-state index contributed by atoms with van der Waals surface area (Å²) in [5, 5.41) is 21.8. The number of amides is 1. The largest absolute Gasteiger partial charge is 0.481 e. The van der Waals surface area contributed by atoms with E-state index >= 15 is 0 Å². The van der Waals surface area contributed by atoms with Crippen LogP contribution in [-0.4, -0.2) is 27.6 Å². The van der Waals surface area contributed by atoms with Crippen LogP contribution in [0.4, 0.5) is 0 Å². The van der Waals surface area contributed by atoms with E-state index in [0.717, 1.165) is 12.8 Å². The van der Waals surface area contributed by atoms with Gasteiger partial charge in [-0.15, -0.1) is 0 Å². The van der Waals surface area contributed by atoms with Gasteiger partial charge in [-0.25, -0.2) is 0 Å².